The van der Waals surface area contributed by atoms with E-state index in [-0.39, 0.29) is 19.4 Å². The molecular formula is C32H43FN2O6. The molecule has 1 aromatic carbocycles. The van der Waals surface area contributed by atoms with E-state index >= 15 is 0 Å². The minimum absolute atomic E-state index is 0.0917. The number of halogens is 1. The van der Waals surface area contributed by atoms with Crippen LogP contribution < -0.4 is 0 Å². The SMILES string of the molecule is CN(C(=O)OC(C)(C)C)[C@@H](CC(C)(C)F)C(=O)O[C@@H](COCc1ccccc1)Cc1ccc(C2=CCOCC2)cn1. The molecule has 1 aliphatic rings. The van der Waals surface area contributed by atoms with Gasteiger partial charge in [-0.3, -0.25) is 9.88 Å². The number of benzene rings is 1. The van der Waals surface area contributed by atoms with Gasteiger partial charge in [-0.15, -0.1) is 0 Å². The molecule has 41 heavy (non-hydrogen) atoms. The Morgan fingerprint density at radius 3 is 2.41 bits per heavy atom. The van der Waals surface area contributed by atoms with Crippen molar-refractivity contribution in [2.24, 2.45) is 0 Å². The lowest BCUT2D eigenvalue weighted by atomic mass is 10.00. The number of ether oxygens (including phenoxy) is 4. The minimum Gasteiger partial charge on any atom is -0.458 e. The zero-order valence-corrected chi connectivity index (χ0v) is 25.0. The van der Waals surface area contributed by atoms with Crippen LogP contribution in [0.15, 0.2) is 54.7 Å². The summed E-state index contributed by atoms with van der Waals surface area (Å²) in [5, 5.41) is 0. The van der Waals surface area contributed by atoms with Crippen LogP contribution in [-0.4, -0.2) is 72.2 Å². The molecule has 9 heteroatoms. The molecule has 224 valence electrons. The lowest BCUT2D eigenvalue weighted by Gasteiger charge is -2.32. The van der Waals surface area contributed by atoms with E-state index < -0.39 is 35.5 Å². The molecule has 1 aliphatic heterocycles. The quantitative estimate of drug-likeness (QED) is 0.292. The van der Waals surface area contributed by atoms with Crippen molar-refractivity contribution < 1.29 is 32.9 Å². The first-order valence-electron chi connectivity index (χ1n) is 14.0. The van der Waals surface area contributed by atoms with Gasteiger partial charge in [-0.1, -0.05) is 42.5 Å². The molecule has 0 bridgehead atoms. The fourth-order valence-electron chi connectivity index (χ4n) is 4.32. The molecule has 2 heterocycles. The Balaban J connectivity index is 1.76. The van der Waals surface area contributed by atoms with Crippen molar-refractivity contribution in [3.05, 3.63) is 71.6 Å². The number of hydrogen-bond donors (Lipinski definition) is 0. The molecule has 0 N–H and O–H groups in total. The summed E-state index contributed by atoms with van der Waals surface area (Å²) < 4.78 is 37.4. The molecule has 1 aromatic heterocycles. The number of likely N-dealkylation sites (N-methyl/N-ethyl adjacent to an activating group) is 1. The summed E-state index contributed by atoms with van der Waals surface area (Å²) in [6.07, 6.45) is 3.25. The van der Waals surface area contributed by atoms with Crippen LogP contribution in [0.3, 0.4) is 0 Å². The van der Waals surface area contributed by atoms with Crippen LogP contribution in [-0.2, 0) is 36.8 Å². The Labute approximate surface area is 242 Å². The van der Waals surface area contributed by atoms with Crippen molar-refractivity contribution in [3.63, 3.8) is 0 Å². The highest BCUT2D eigenvalue weighted by atomic mass is 19.1. The Morgan fingerprint density at radius 2 is 1.83 bits per heavy atom. The first-order valence-corrected chi connectivity index (χ1v) is 14.0. The van der Waals surface area contributed by atoms with Gasteiger partial charge in [0.2, 0.25) is 0 Å². The van der Waals surface area contributed by atoms with Crippen LogP contribution in [0, 0.1) is 0 Å². The summed E-state index contributed by atoms with van der Waals surface area (Å²) in [5.41, 5.74) is 1.38. The lowest BCUT2D eigenvalue weighted by Crippen LogP contribution is -2.49. The molecule has 2 aromatic rings. The first kappa shape index (κ1) is 32.2. The van der Waals surface area contributed by atoms with Gasteiger partial charge in [0.25, 0.3) is 0 Å². The number of alkyl halides is 1. The molecule has 1 amide bonds. The zero-order valence-electron chi connectivity index (χ0n) is 25.0. The van der Waals surface area contributed by atoms with Gasteiger partial charge >= 0.3 is 12.1 Å². The molecule has 0 unspecified atom stereocenters. The summed E-state index contributed by atoms with van der Waals surface area (Å²) >= 11 is 0. The van der Waals surface area contributed by atoms with E-state index in [4.69, 9.17) is 18.9 Å². The van der Waals surface area contributed by atoms with Gasteiger partial charge in [0.15, 0.2) is 0 Å². The molecule has 2 atom stereocenters. The van der Waals surface area contributed by atoms with E-state index in [1.54, 1.807) is 27.0 Å². The molecule has 0 saturated carbocycles. The summed E-state index contributed by atoms with van der Waals surface area (Å²) in [5.74, 6) is -0.735. The van der Waals surface area contributed by atoms with Crippen molar-refractivity contribution >= 4 is 17.6 Å². The molecule has 3 rings (SSSR count). The second-order valence-electron chi connectivity index (χ2n) is 11.9. The highest BCUT2D eigenvalue weighted by molar-refractivity contribution is 5.81. The van der Waals surface area contributed by atoms with E-state index in [0.717, 1.165) is 22.4 Å². The second kappa shape index (κ2) is 14.5. The maximum atomic E-state index is 14.8. The van der Waals surface area contributed by atoms with Gasteiger partial charge < -0.3 is 18.9 Å². The number of rotatable bonds is 12. The summed E-state index contributed by atoms with van der Waals surface area (Å²) in [6.45, 7) is 9.57. The van der Waals surface area contributed by atoms with Crippen LogP contribution in [0.5, 0.6) is 0 Å². The highest BCUT2D eigenvalue weighted by Gasteiger charge is 2.37. The molecule has 0 aliphatic carbocycles. The first-order chi connectivity index (χ1) is 19.3. The largest absolute Gasteiger partial charge is 0.458 e. The molecular weight excluding hydrogens is 527 g/mol. The average molecular weight is 571 g/mol. The number of carbonyl (C=O) groups is 2. The fourth-order valence-corrected chi connectivity index (χ4v) is 4.32. The van der Waals surface area contributed by atoms with Crippen LogP contribution in [0.4, 0.5) is 9.18 Å². The van der Waals surface area contributed by atoms with Crippen LogP contribution in [0.1, 0.15) is 64.3 Å². The van der Waals surface area contributed by atoms with Crippen molar-refractivity contribution in [1.82, 2.24) is 9.88 Å². The Kier molecular flexibility index (Phi) is 11.4. The van der Waals surface area contributed by atoms with Crippen LogP contribution in [0.2, 0.25) is 0 Å². The van der Waals surface area contributed by atoms with Gasteiger partial charge in [-0.05, 0) is 63.8 Å². The van der Waals surface area contributed by atoms with E-state index in [2.05, 4.69) is 11.1 Å². The number of hydrogen-bond acceptors (Lipinski definition) is 7. The van der Waals surface area contributed by atoms with E-state index in [9.17, 15) is 14.0 Å². The van der Waals surface area contributed by atoms with Crippen LogP contribution in [0.25, 0.3) is 5.57 Å². The lowest BCUT2D eigenvalue weighted by molar-refractivity contribution is -0.159. The Bertz CT molecular complexity index is 1160. The summed E-state index contributed by atoms with van der Waals surface area (Å²) in [6, 6.07) is 12.4. The Morgan fingerprint density at radius 1 is 1.10 bits per heavy atom. The molecule has 0 fully saturated rings. The van der Waals surface area contributed by atoms with Crippen molar-refractivity contribution in [2.45, 2.75) is 83.9 Å². The molecule has 0 spiro atoms. The predicted molar refractivity (Wildman–Crippen MR) is 155 cm³/mol. The topological polar surface area (TPSA) is 87.2 Å². The summed E-state index contributed by atoms with van der Waals surface area (Å²) in [4.78, 5) is 32.0. The van der Waals surface area contributed by atoms with Crippen molar-refractivity contribution in [2.75, 3.05) is 26.9 Å². The van der Waals surface area contributed by atoms with Gasteiger partial charge in [-0.2, -0.15) is 0 Å². The van der Waals surface area contributed by atoms with Crippen LogP contribution >= 0.6 is 0 Å². The van der Waals surface area contributed by atoms with Gasteiger partial charge in [-0.25, -0.2) is 14.0 Å². The normalized spacial score (nSPS) is 15.4. The van der Waals surface area contributed by atoms with E-state index in [0.29, 0.717) is 25.5 Å². The molecule has 0 radical (unpaired) electrons. The maximum absolute atomic E-state index is 14.8. The monoisotopic (exact) mass is 570 g/mol. The number of esters is 1. The maximum Gasteiger partial charge on any atom is 0.410 e. The molecule has 0 saturated heterocycles. The highest BCUT2D eigenvalue weighted by Crippen LogP contribution is 2.24. The zero-order chi connectivity index (χ0) is 30.0. The van der Waals surface area contributed by atoms with E-state index in [1.165, 1.54) is 26.5 Å². The fraction of sp³-hybridized carbons (Fsp3) is 0.531. The number of carbonyl (C=O) groups excluding carboxylic acids is 2. The van der Waals surface area contributed by atoms with Gasteiger partial charge in [0.1, 0.15) is 23.4 Å². The third-order valence-electron chi connectivity index (χ3n) is 6.39. The third kappa shape index (κ3) is 11.2. The average Bonchev–Trinajstić information content (AvgIpc) is 2.91. The third-order valence-corrected chi connectivity index (χ3v) is 6.39. The van der Waals surface area contributed by atoms with Crippen molar-refractivity contribution in [1.29, 1.82) is 0 Å². The minimum atomic E-state index is -1.74. The van der Waals surface area contributed by atoms with Gasteiger partial charge in [0.05, 0.1) is 26.4 Å². The second-order valence-corrected chi connectivity index (χ2v) is 11.9. The smallest absolute Gasteiger partial charge is 0.410 e. The molecule has 8 nitrogen and oxygen atoms in total. The summed E-state index contributed by atoms with van der Waals surface area (Å²) in [7, 11) is 1.41. The van der Waals surface area contributed by atoms with Gasteiger partial charge in [0, 0.05) is 31.8 Å². The number of nitrogens with zero attached hydrogens (tertiary/aromatic N) is 2. The number of aromatic nitrogens is 1. The predicted octanol–water partition coefficient (Wildman–Crippen LogP) is 5.93. The van der Waals surface area contributed by atoms with E-state index in [1.807, 2.05) is 42.5 Å². The number of pyridine rings is 1. The van der Waals surface area contributed by atoms with Crippen molar-refractivity contribution in [3.8, 4) is 0 Å². The Hall–Kier alpha value is -3.30. The standard InChI is InChI=1S/C32H43FN2O6/c1-31(2,3)41-30(37)35(6)28(19-32(4,5)33)29(36)40-27(22-39-21-23-10-8-7-9-11-23)18-26-13-12-25(20-34-26)24-14-16-38-17-15-24/h7-14,20,27-28H,15-19,21-22H2,1-6H3/t27-,28+/m1/s1. The number of amides is 1.